The van der Waals surface area contributed by atoms with E-state index < -0.39 is 0 Å². The van der Waals surface area contributed by atoms with Crippen LogP contribution >= 0.6 is 0 Å². The molecule has 3 atom stereocenters. The zero-order chi connectivity index (χ0) is 16.4. The number of hydrogen-bond acceptors (Lipinski definition) is 5. The Morgan fingerprint density at radius 3 is 2.92 bits per heavy atom. The molecule has 3 fully saturated rings. The quantitative estimate of drug-likeness (QED) is 0.842. The number of hydrogen-bond donors (Lipinski definition) is 0. The van der Waals surface area contributed by atoms with Gasteiger partial charge in [0.05, 0.1) is 18.6 Å². The largest absolute Gasteiger partial charge is 0.377 e. The number of fused-ring (bicyclic) bond motifs is 1. The van der Waals surface area contributed by atoms with Crippen LogP contribution < -0.4 is 0 Å². The highest BCUT2D eigenvalue weighted by Crippen LogP contribution is 2.33. The number of pyridine rings is 1. The summed E-state index contributed by atoms with van der Waals surface area (Å²) in [5.41, 5.74) is 1.23. The van der Waals surface area contributed by atoms with Crippen LogP contribution in [-0.2, 0) is 20.9 Å². The maximum atomic E-state index is 12.8. The van der Waals surface area contributed by atoms with Crippen molar-refractivity contribution in [3.8, 4) is 0 Å². The molecule has 3 aliphatic heterocycles. The van der Waals surface area contributed by atoms with E-state index in [4.69, 9.17) is 9.57 Å². The maximum Gasteiger partial charge on any atom is 0.250 e. The molecule has 0 N–H and O–H groups in total. The number of carbonyl (C=O) groups is 1. The highest BCUT2D eigenvalue weighted by molar-refractivity contribution is 5.78. The minimum absolute atomic E-state index is 0.0377. The van der Waals surface area contributed by atoms with Crippen molar-refractivity contribution in [1.29, 1.82) is 0 Å². The zero-order valence-electron chi connectivity index (χ0n) is 14.0. The number of rotatable bonds is 3. The monoisotopic (exact) mass is 331 g/mol. The first kappa shape index (κ1) is 16.0. The van der Waals surface area contributed by atoms with Crippen LogP contribution in [0, 0.1) is 5.92 Å². The van der Waals surface area contributed by atoms with Crippen LogP contribution in [-0.4, -0.2) is 59.3 Å². The zero-order valence-corrected chi connectivity index (χ0v) is 14.0. The van der Waals surface area contributed by atoms with Crippen molar-refractivity contribution in [2.75, 3.05) is 26.3 Å². The summed E-state index contributed by atoms with van der Waals surface area (Å²) in [4.78, 5) is 24.9. The summed E-state index contributed by atoms with van der Waals surface area (Å²) in [6.45, 7) is 3.79. The topological polar surface area (TPSA) is 54.9 Å². The Bertz CT molecular complexity index is 562. The number of nitrogens with zero attached hydrogens (tertiary/aromatic N) is 3. The molecule has 0 aromatic carbocycles. The van der Waals surface area contributed by atoms with Gasteiger partial charge in [0.1, 0.15) is 0 Å². The second-order valence-electron chi connectivity index (χ2n) is 6.96. The van der Waals surface area contributed by atoms with Crippen molar-refractivity contribution in [1.82, 2.24) is 14.9 Å². The molecule has 0 unspecified atom stereocenters. The molecule has 0 aliphatic carbocycles. The van der Waals surface area contributed by atoms with Gasteiger partial charge in [-0.3, -0.25) is 19.5 Å². The summed E-state index contributed by atoms with van der Waals surface area (Å²) in [6.07, 6.45) is 7.75. The molecular weight excluding hydrogens is 306 g/mol. The predicted octanol–water partition coefficient (Wildman–Crippen LogP) is 1.61. The summed E-state index contributed by atoms with van der Waals surface area (Å²) >= 11 is 0. The fourth-order valence-corrected chi connectivity index (χ4v) is 4.11. The number of aromatic nitrogens is 1. The average Bonchev–Trinajstić information content (AvgIpc) is 3.11. The summed E-state index contributed by atoms with van der Waals surface area (Å²) < 4.78 is 5.93. The highest BCUT2D eigenvalue weighted by atomic mass is 16.7. The second kappa shape index (κ2) is 7.17. The van der Waals surface area contributed by atoms with E-state index in [1.807, 2.05) is 24.5 Å². The first-order chi connectivity index (χ1) is 11.8. The van der Waals surface area contributed by atoms with E-state index in [2.05, 4.69) is 9.88 Å². The Morgan fingerprint density at radius 2 is 2.12 bits per heavy atom. The SMILES string of the molecule is O=C([C@@H]1C[C@@H]2OCC[C@@H]2N(Cc2ccncc2)C1)N1CCCCO1. The van der Waals surface area contributed by atoms with Crippen molar-refractivity contribution >= 4 is 5.91 Å². The third-order valence-corrected chi connectivity index (χ3v) is 5.35. The van der Waals surface area contributed by atoms with E-state index in [1.165, 1.54) is 5.56 Å². The lowest BCUT2D eigenvalue weighted by atomic mass is 9.89. The molecule has 0 spiro atoms. The van der Waals surface area contributed by atoms with Gasteiger partial charge in [-0.2, -0.15) is 0 Å². The molecule has 1 aromatic heterocycles. The number of hydroxylamine groups is 2. The van der Waals surface area contributed by atoms with Gasteiger partial charge < -0.3 is 4.74 Å². The number of piperidine rings is 1. The fourth-order valence-electron chi connectivity index (χ4n) is 4.11. The highest BCUT2D eigenvalue weighted by Gasteiger charge is 2.43. The van der Waals surface area contributed by atoms with Gasteiger partial charge in [0.2, 0.25) is 0 Å². The first-order valence-corrected chi connectivity index (χ1v) is 9.00. The normalized spacial score (nSPS) is 31.0. The predicted molar refractivity (Wildman–Crippen MR) is 87.8 cm³/mol. The molecule has 1 amide bonds. The lowest BCUT2D eigenvalue weighted by molar-refractivity contribution is -0.204. The fraction of sp³-hybridized carbons (Fsp3) is 0.667. The van der Waals surface area contributed by atoms with Crippen LogP contribution in [0.2, 0.25) is 0 Å². The van der Waals surface area contributed by atoms with Gasteiger partial charge in [-0.25, -0.2) is 5.06 Å². The van der Waals surface area contributed by atoms with Gasteiger partial charge in [0.25, 0.3) is 5.91 Å². The molecule has 3 saturated heterocycles. The minimum Gasteiger partial charge on any atom is -0.377 e. The standard InChI is InChI=1S/C18H25N3O3/c22-18(21-8-1-2-9-24-21)15-11-17-16(5-10-23-17)20(13-15)12-14-3-6-19-7-4-14/h3-4,6-7,15-17H,1-2,5,8-13H2/t15-,16+,17+/m1/s1. The number of ether oxygens (including phenoxy) is 1. The second-order valence-corrected chi connectivity index (χ2v) is 6.96. The van der Waals surface area contributed by atoms with Crippen LogP contribution in [0.5, 0.6) is 0 Å². The maximum absolute atomic E-state index is 12.8. The van der Waals surface area contributed by atoms with Crippen LogP contribution in [0.4, 0.5) is 0 Å². The Kier molecular flexibility index (Phi) is 4.78. The van der Waals surface area contributed by atoms with Crippen LogP contribution in [0.15, 0.2) is 24.5 Å². The number of carbonyl (C=O) groups excluding carboxylic acids is 1. The molecule has 0 bridgehead atoms. The molecule has 0 saturated carbocycles. The smallest absolute Gasteiger partial charge is 0.250 e. The molecule has 130 valence electrons. The Hall–Kier alpha value is -1.50. The van der Waals surface area contributed by atoms with Crippen molar-refractivity contribution in [3.63, 3.8) is 0 Å². The molecule has 4 rings (SSSR count). The Labute approximate surface area is 142 Å². The summed E-state index contributed by atoms with van der Waals surface area (Å²) in [5, 5.41) is 1.59. The molecular formula is C18H25N3O3. The third-order valence-electron chi connectivity index (χ3n) is 5.35. The van der Waals surface area contributed by atoms with E-state index >= 15 is 0 Å². The van der Waals surface area contributed by atoms with Crippen LogP contribution in [0.25, 0.3) is 0 Å². The Morgan fingerprint density at radius 1 is 1.25 bits per heavy atom. The first-order valence-electron chi connectivity index (χ1n) is 9.00. The average molecular weight is 331 g/mol. The minimum atomic E-state index is -0.0377. The van der Waals surface area contributed by atoms with E-state index in [1.54, 1.807) is 5.06 Å². The van der Waals surface area contributed by atoms with Crippen molar-refractivity contribution in [2.45, 2.75) is 44.4 Å². The van der Waals surface area contributed by atoms with Crippen LogP contribution in [0.1, 0.15) is 31.2 Å². The Balaban J connectivity index is 1.47. The van der Waals surface area contributed by atoms with E-state index in [9.17, 15) is 4.79 Å². The lowest BCUT2D eigenvalue weighted by Gasteiger charge is -2.41. The van der Waals surface area contributed by atoms with Gasteiger partial charge in [-0.15, -0.1) is 0 Å². The van der Waals surface area contributed by atoms with Gasteiger partial charge in [0, 0.05) is 44.7 Å². The number of likely N-dealkylation sites (tertiary alicyclic amines) is 1. The van der Waals surface area contributed by atoms with Gasteiger partial charge in [-0.1, -0.05) is 0 Å². The van der Waals surface area contributed by atoms with Gasteiger partial charge >= 0.3 is 0 Å². The van der Waals surface area contributed by atoms with Crippen molar-refractivity contribution in [3.05, 3.63) is 30.1 Å². The molecule has 3 aliphatic rings. The third kappa shape index (κ3) is 3.31. The lowest BCUT2D eigenvalue weighted by Crippen LogP contribution is -2.53. The van der Waals surface area contributed by atoms with Crippen molar-refractivity contribution < 1.29 is 14.4 Å². The van der Waals surface area contributed by atoms with E-state index in [0.29, 0.717) is 19.2 Å². The molecule has 4 heterocycles. The number of amides is 1. The van der Waals surface area contributed by atoms with E-state index in [0.717, 1.165) is 45.4 Å². The van der Waals surface area contributed by atoms with Crippen LogP contribution in [0.3, 0.4) is 0 Å². The van der Waals surface area contributed by atoms with Gasteiger partial charge in [-0.05, 0) is 43.4 Å². The summed E-state index contributed by atoms with van der Waals surface area (Å²) in [7, 11) is 0. The molecule has 24 heavy (non-hydrogen) atoms. The summed E-state index contributed by atoms with van der Waals surface area (Å²) in [5.74, 6) is 0.0904. The summed E-state index contributed by atoms with van der Waals surface area (Å²) in [6, 6.07) is 4.51. The molecule has 1 aromatic rings. The molecule has 6 nitrogen and oxygen atoms in total. The molecule has 6 heteroatoms. The van der Waals surface area contributed by atoms with E-state index in [-0.39, 0.29) is 17.9 Å². The van der Waals surface area contributed by atoms with Gasteiger partial charge in [0.15, 0.2) is 0 Å². The molecule has 0 radical (unpaired) electrons. The van der Waals surface area contributed by atoms with Crippen molar-refractivity contribution in [2.24, 2.45) is 5.92 Å².